The van der Waals surface area contributed by atoms with Crippen molar-refractivity contribution in [2.45, 2.75) is 13.8 Å². The van der Waals surface area contributed by atoms with Gasteiger partial charge in [0.2, 0.25) is 5.91 Å². The molecule has 2 amide bonds. The third-order valence-corrected chi connectivity index (χ3v) is 3.85. The van der Waals surface area contributed by atoms with E-state index in [9.17, 15) is 9.59 Å². The van der Waals surface area contributed by atoms with E-state index >= 15 is 0 Å². The van der Waals surface area contributed by atoms with E-state index in [1.54, 1.807) is 17.0 Å². The number of hydrogen-bond donors (Lipinski definition) is 1. The number of likely N-dealkylation sites (N-methyl/N-ethyl adjacent to an activating group) is 1. The second kappa shape index (κ2) is 7.08. The number of amides is 2. The summed E-state index contributed by atoms with van der Waals surface area (Å²) in [7, 11) is 0. The Hall–Kier alpha value is -2.08. The highest BCUT2D eigenvalue weighted by atomic mass is 32.2. The van der Waals surface area contributed by atoms with Crippen LogP contribution in [0.4, 0.5) is 5.69 Å². The molecule has 0 radical (unpaired) electrons. The van der Waals surface area contributed by atoms with Crippen LogP contribution in [0.2, 0.25) is 0 Å². The second-order valence-corrected chi connectivity index (χ2v) is 5.28. The van der Waals surface area contributed by atoms with Crippen molar-refractivity contribution < 1.29 is 9.59 Å². The summed E-state index contributed by atoms with van der Waals surface area (Å²) >= 11 is 1.24. The van der Waals surface area contributed by atoms with E-state index in [0.29, 0.717) is 28.8 Å². The number of nitrogens with zero attached hydrogens (tertiary/aromatic N) is 2. The van der Waals surface area contributed by atoms with Gasteiger partial charge in [-0.1, -0.05) is 18.2 Å². The van der Waals surface area contributed by atoms with Crippen molar-refractivity contribution in [3.05, 3.63) is 41.3 Å². The molecule has 1 aromatic carbocycles. The van der Waals surface area contributed by atoms with E-state index in [-0.39, 0.29) is 11.8 Å². The average Bonchev–Trinajstić information content (AvgIpc) is 2.76. The molecule has 5 nitrogen and oxygen atoms in total. The summed E-state index contributed by atoms with van der Waals surface area (Å²) in [6.45, 7) is 4.95. The van der Waals surface area contributed by atoms with Gasteiger partial charge in [0, 0.05) is 24.9 Å². The predicted octanol–water partition coefficient (Wildman–Crippen LogP) is 2.48. The molecule has 0 spiro atoms. The molecule has 1 N–H and O–H groups in total. The lowest BCUT2D eigenvalue weighted by molar-refractivity contribution is -0.122. The summed E-state index contributed by atoms with van der Waals surface area (Å²) in [5.74, 6) is -0.483. The number of benzene rings is 1. The number of hydrogen-bond acceptors (Lipinski definition) is 4. The molecule has 0 aliphatic carbocycles. The van der Waals surface area contributed by atoms with E-state index in [2.05, 4.69) is 10.3 Å². The Morgan fingerprint density at radius 1 is 1.33 bits per heavy atom. The number of thioether (sulfide) groups is 1. The van der Waals surface area contributed by atoms with Crippen LogP contribution in [-0.2, 0) is 9.59 Å². The maximum atomic E-state index is 12.2. The highest BCUT2D eigenvalue weighted by Gasteiger charge is 2.32. The summed E-state index contributed by atoms with van der Waals surface area (Å²) < 4.78 is 0. The van der Waals surface area contributed by atoms with Crippen molar-refractivity contribution in [1.82, 2.24) is 4.90 Å². The zero-order valence-electron chi connectivity index (χ0n) is 12.0. The van der Waals surface area contributed by atoms with Crippen LogP contribution in [0.25, 0.3) is 0 Å². The standard InChI is InChI=1S/C15H17N3O2S/c1-3-16-15-18(4-2)14(20)12(21-15)10-13(19)17-11-8-6-5-7-9-11/h5-10H,3-4H2,1-2H3,(H,17,19)/b12-10-,16-15?. The van der Waals surface area contributed by atoms with E-state index in [4.69, 9.17) is 0 Å². The topological polar surface area (TPSA) is 61.8 Å². The minimum Gasteiger partial charge on any atom is -0.322 e. The Labute approximate surface area is 128 Å². The van der Waals surface area contributed by atoms with Crippen molar-refractivity contribution in [1.29, 1.82) is 0 Å². The molecule has 0 saturated carbocycles. The van der Waals surface area contributed by atoms with Crippen LogP contribution >= 0.6 is 11.8 Å². The molecule has 1 saturated heterocycles. The summed E-state index contributed by atoms with van der Waals surface area (Å²) in [6, 6.07) is 9.13. The van der Waals surface area contributed by atoms with Crippen molar-refractivity contribution >= 4 is 34.4 Å². The minimum atomic E-state index is -0.314. The number of rotatable bonds is 4. The molecule has 1 fully saturated rings. The van der Waals surface area contributed by atoms with E-state index in [0.717, 1.165) is 0 Å². The third kappa shape index (κ3) is 3.72. The van der Waals surface area contributed by atoms with Crippen LogP contribution in [0.1, 0.15) is 13.8 Å². The number of nitrogens with one attached hydrogen (secondary N) is 1. The van der Waals surface area contributed by atoms with Crippen LogP contribution in [-0.4, -0.2) is 35.0 Å². The summed E-state index contributed by atoms with van der Waals surface area (Å²) in [4.78, 5) is 30.4. The Balaban J connectivity index is 2.12. The molecule has 1 aliphatic heterocycles. The SMILES string of the molecule is CCN=C1S/C(=C\C(=O)Nc2ccccc2)C(=O)N1CC. The molecule has 0 unspecified atom stereocenters. The lowest BCUT2D eigenvalue weighted by atomic mass is 10.3. The average molecular weight is 303 g/mol. The van der Waals surface area contributed by atoms with Crippen molar-refractivity contribution in [2.24, 2.45) is 4.99 Å². The van der Waals surface area contributed by atoms with Gasteiger partial charge in [-0.25, -0.2) is 0 Å². The number of aliphatic imine (C=N–C) groups is 1. The molecule has 0 bridgehead atoms. The number of carbonyl (C=O) groups excluding carboxylic acids is 2. The van der Waals surface area contributed by atoms with Crippen LogP contribution < -0.4 is 5.32 Å². The molecule has 0 atom stereocenters. The van der Waals surface area contributed by atoms with Gasteiger partial charge in [-0.2, -0.15) is 0 Å². The molecule has 21 heavy (non-hydrogen) atoms. The normalized spacial score (nSPS) is 18.6. The van der Waals surface area contributed by atoms with Gasteiger partial charge < -0.3 is 5.32 Å². The molecule has 1 aromatic rings. The third-order valence-electron chi connectivity index (χ3n) is 2.80. The molecule has 1 aliphatic rings. The van der Waals surface area contributed by atoms with Gasteiger partial charge in [0.05, 0.1) is 4.91 Å². The fourth-order valence-electron chi connectivity index (χ4n) is 1.86. The van der Waals surface area contributed by atoms with Crippen molar-refractivity contribution in [2.75, 3.05) is 18.4 Å². The predicted molar refractivity (Wildman–Crippen MR) is 86.1 cm³/mol. The van der Waals surface area contributed by atoms with Crippen molar-refractivity contribution in [3.8, 4) is 0 Å². The number of carbonyl (C=O) groups is 2. The number of amidine groups is 1. The Kier molecular flexibility index (Phi) is 5.16. The quantitative estimate of drug-likeness (QED) is 0.869. The fourth-order valence-corrected chi connectivity index (χ4v) is 2.93. The maximum Gasteiger partial charge on any atom is 0.266 e. The van der Waals surface area contributed by atoms with Crippen LogP contribution in [0.3, 0.4) is 0 Å². The molecule has 0 aromatic heterocycles. The Bertz CT molecular complexity index is 596. The first-order valence-electron chi connectivity index (χ1n) is 6.77. The van der Waals surface area contributed by atoms with E-state index in [1.165, 1.54) is 17.8 Å². The molecule has 110 valence electrons. The maximum absolute atomic E-state index is 12.2. The zero-order valence-corrected chi connectivity index (χ0v) is 12.8. The highest BCUT2D eigenvalue weighted by molar-refractivity contribution is 8.18. The van der Waals surface area contributed by atoms with Crippen LogP contribution in [0, 0.1) is 0 Å². The van der Waals surface area contributed by atoms with E-state index in [1.807, 2.05) is 32.0 Å². The first-order chi connectivity index (χ1) is 10.2. The number of para-hydroxylation sites is 1. The van der Waals surface area contributed by atoms with Gasteiger partial charge >= 0.3 is 0 Å². The second-order valence-electron chi connectivity index (χ2n) is 4.27. The van der Waals surface area contributed by atoms with Crippen molar-refractivity contribution in [3.63, 3.8) is 0 Å². The van der Waals surface area contributed by atoms with Gasteiger partial charge in [-0.3, -0.25) is 19.5 Å². The smallest absolute Gasteiger partial charge is 0.266 e. The summed E-state index contributed by atoms with van der Waals surface area (Å²) in [5, 5.41) is 3.39. The lowest BCUT2D eigenvalue weighted by Gasteiger charge is -2.11. The van der Waals surface area contributed by atoms with Crippen LogP contribution in [0.15, 0.2) is 46.3 Å². The largest absolute Gasteiger partial charge is 0.322 e. The molecule has 1 heterocycles. The molecule has 6 heteroatoms. The number of anilines is 1. The van der Waals surface area contributed by atoms with Gasteiger partial charge in [0.15, 0.2) is 5.17 Å². The molecule has 2 rings (SSSR count). The minimum absolute atomic E-state index is 0.169. The first kappa shape index (κ1) is 15.3. The Morgan fingerprint density at radius 2 is 2.05 bits per heavy atom. The zero-order chi connectivity index (χ0) is 15.2. The lowest BCUT2D eigenvalue weighted by Crippen LogP contribution is -2.29. The van der Waals surface area contributed by atoms with Gasteiger partial charge in [0.1, 0.15) is 0 Å². The van der Waals surface area contributed by atoms with Gasteiger partial charge in [-0.15, -0.1) is 0 Å². The Morgan fingerprint density at radius 3 is 2.67 bits per heavy atom. The summed E-state index contributed by atoms with van der Waals surface area (Å²) in [6.07, 6.45) is 1.33. The fraction of sp³-hybridized carbons (Fsp3) is 0.267. The van der Waals surface area contributed by atoms with E-state index < -0.39 is 0 Å². The molecular formula is C15H17N3O2S. The molecular weight excluding hydrogens is 286 g/mol. The van der Waals surface area contributed by atoms with Gasteiger partial charge in [0.25, 0.3) is 5.91 Å². The first-order valence-corrected chi connectivity index (χ1v) is 7.59. The summed E-state index contributed by atoms with van der Waals surface area (Å²) in [5.41, 5.74) is 0.699. The monoisotopic (exact) mass is 303 g/mol. The highest BCUT2D eigenvalue weighted by Crippen LogP contribution is 2.30. The van der Waals surface area contributed by atoms with Crippen LogP contribution in [0.5, 0.6) is 0 Å². The van der Waals surface area contributed by atoms with Gasteiger partial charge in [-0.05, 0) is 37.7 Å².